The number of hydrogen-bond donors (Lipinski definition) is 1. The van der Waals surface area contributed by atoms with Crippen LogP contribution in [0.5, 0.6) is 5.75 Å². The molecular formula is C19H19N3O3S. The Bertz CT molecular complexity index is 896. The molecule has 7 heteroatoms. The largest absolute Gasteiger partial charge is 0.485 e. The Labute approximate surface area is 155 Å². The van der Waals surface area contributed by atoms with E-state index in [4.69, 9.17) is 4.74 Å². The molecule has 3 rings (SSSR count). The molecule has 26 heavy (non-hydrogen) atoms. The van der Waals surface area contributed by atoms with Crippen molar-refractivity contribution < 1.29 is 14.6 Å². The minimum absolute atomic E-state index is 0.231. The molecular weight excluding hydrogens is 350 g/mol. The van der Waals surface area contributed by atoms with E-state index in [1.165, 1.54) is 0 Å². The van der Waals surface area contributed by atoms with Crippen LogP contribution in [-0.4, -0.2) is 31.1 Å². The Balaban J connectivity index is 1.91. The summed E-state index contributed by atoms with van der Waals surface area (Å²) in [5.74, 6) is 0.498. The predicted octanol–water partition coefficient (Wildman–Crippen LogP) is 3.72. The lowest BCUT2D eigenvalue weighted by atomic mass is 10.2. The van der Waals surface area contributed by atoms with Crippen LogP contribution >= 0.6 is 11.8 Å². The van der Waals surface area contributed by atoms with E-state index in [0.29, 0.717) is 11.0 Å². The molecule has 1 heterocycles. The van der Waals surface area contributed by atoms with Gasteiger partial charge in [0.2, 0.25) is 0 Å². The third kappa shape index (κ3) is 4.05. The van der Waals surface area contributed by atoms with Crippen LogP contribution in [0.4, 0.5) is 0 Å². The fourth-order valence-electron chi connectivity index (χ4n) is 2.38. The van der Waals surface area contributed by atoms with E-state index in [0.717, 1.165) is 28.8 Å². The molecule has 0 saturated heterocycles. The van der Waals surface area contributed by atoms with Crippen LogP contribution in [0.2, 0.25) is 0 Å². The van der Waals surface area contributed by atoms with E-state index >= 15 is 0 Å². The van der Waals surface area contributed by atoms with Crippen LogP contribution in [0.15, 0.2) is 59.8 Å². The number of aliphatic carboxylic acids is 1. The summed E-state index contributed by atoms with van der Waals surface area (Å²) in [6.45, 7) is 3.84. The van der Waals surface area contributed by atoms with E-state index in [1.54, 1.807) is 6.92 Å². The minimum Gasteiger partial charge on any atom is -0.485 e. The van der Waals surface area contributed by atoms with E-state index < -0.39 is 11.2 Å². The lowest BCUT2D eigenvalue weighted by Gasteiger charge is -2.13. The first kappa shape index (κ1) is 18.0. The Morgan fingerprint density at radius 2 is 1.85 bits per heavy atom. The average Bonchev–Trinajstić information content (AvgIpc) is 3.04. The smallest absolute Gasteiger partial charge is 0.316 e. The van der Waals surface area contributed by atoms with Crippen LogP contribution < -0.4 is 4.74 Å². The first-order valence-corrected chi connectivity index (χ1v) is 9.02. The van der Waals surface area contributed by atoms with Crippen molar-refractivity contribution in [3.8, 4) is 11.4 Å². The molecule has 6 nitrogen and oxygen atoms in total. The molecule has 134 valence electrons. The molecule has 0 spiro atoms. The second-order valence-corrected chi connectivity index (χ2v) is 7.03. The van der Waals surface area contributed by atoms with Gasteiger partial charge in [-0.2, -0.15) is 0 Å². The zero-order valence-corrected chi connectivity index (χ0v) is 15.3. The van der Waals surface area contributed by atoms with Crippen LogP contribution in [-0.2, 0) is 11.4 Å². The highest BCUT2D eigenvalue weighted by atomic mass is 32.2. The SMILES string of the molecule is Cc1ccccc1OCc1nnc(S[C@@H](C)C(=O)O)n1-c1ccccc1. The van der Waals surface area contributed by atoms with Gasteiger partial charge in [0.25, 0.3) is 0 Å². The quantitative estimate of drug-likeness (QED) is 0.640. The van der Waals surface area contributed by atoms with Gasteiger partial charge in [0.15, 0.2) is 11.0 Å². The maximum atomic E-state index is 11.2. The van der Waals surface area contributed by atoms with E-state index in [2.05, 4.69) is 10.2 Å². The molecule has 3 aromatic rings. The van der Waals surface area contributed by atoms with Crippen molar-refractivity contribution in [2.45, 2.75) is 30.9 Å². The van der Waals surface area contributed by atoms with Gasteiger partial charge < -0.3 is 9.84 Å². The number of carbonyl (C=O) groups is 1. The van der Waals surface area contributed by atoms with Gasteiger partial charge in [0.1, 0.15) is 17.6 Å². The number of benzene rings is 2. The Morgan fingerprint density at radius 1 is 1.15 bits per heavy atom. The molecule has 0 bridgehead atoms. The van der Waals surface area contributed by atoms with E-state index in [-0.39, 0.29) is 6.61 Å². The molecule has 0 unspecified atom stereocenters. The summed E-state index contributed by atoms with van der Waals surface area (Å²) >= 11 is 1.15. The van der Waals surface area contributed by atoms with Crippen molar-refractivity contribution in [1.29, 1.82) is 0 Å². The van der Waals surface area contributed by atoms with Crippen LogP contribution in [0, 0.1) is 6.92 Å². The summed E-state index contributed by atoms with van der Waals surface area (Å²) in [5, 5.41) is 17.5. The number of rotatable bonds is 7. The Morgan fingerprint density at radius 3 is 2.54 bits per heavy atom. The number of carboxylic acid groups (broad SMARTS) is 1. The highest BCUT2D eigenvalue weighted by Gasteiger charge is 2.20. The number of nitrogens with zero attached hydrogens (tertiary/aromatic N) is 3. The monoisotopic (exact) mass is 369 g/mol. The summed E-state index contributed by atoms with van der Waals surface area (Å²) in [4.78, 5) is 11.2. The minimum atomic E-state index is -0.893. The molecule has 0 aliphatic heterocycles. The summed E-state index contributed by atoms with van der Waals surface area (Å²) in [7, 11) is 0. The summed E-state index contributed by atoms with van der Waals surface area (Å²) in [5.41, 5.74) is 1.90. The highest BCUT2D eigenvalue weighted by Crippen LogP contribution is 2.26. The molecule has 0 amide bonds. The number of thioether (sulfide) groups is 1. The van der Waals surface area contributed by atoms with Crippen molar-refractivity contribution in [2.24, 2.45) is 0 Å². The van der Waals surface area contributed by atoms with Gasteiger partial charge >= 0.3 is 5.97 Å². The third-order valence-corrected chi connectivity index (χ3v) is 4.83. The van der Waals surface area contributed by atoms with Gasteiger partial charge in [-0.25, -0.2) is 0 Å². The fraction of sp³-hybridized carbons (Fsp3) is 0.211. The zero-order chi connectivity index (χ0) is 18.5. The van der Waals surface area contributed by atoms with Crippen molar-refractivity contribution in [1.82, 2.24) is 14.8 Å². The first-order chi connectivity index (χ1) is 12.6. The van der Waals surface area contributed by atoms with E-state index in [9.17, 15) is 9.90 Å². The van der Waals surface area contributed by atoms with Crippen LogP contribution in [0.3, 0.4) is 0 Å². The molecule has 0 fully saturated rings. The van der Waals surface area contributed by atoms with Crippen molar-refractivity contribution in [3.05, 3.63) is 66.0 Å². The number of carboxylic acids is 1. The zero-order valence-electron chi connectivity index (χ0n) is 14.5. The molecule has 0 saturated carbocycles. The van der Waals surface area contributed by atoms with Crippen molar-refractivity contribution in [2.75, 3.05) is 0 Å². The van der Waals surface area contributed by atoms with Gasteiger partial charge in [0.05, 0.1) is 0 Å². The summed E-state index contributed by atoms with van der Waals surface area (Å²) < 4.78 is 7.74. The first-order valence-electron chi connectivity index (χ1n) is 8.14. The van der Waals surface area contributed by atoms with Crippen LogP contribution in [0.1, 0.15) is 18.3 Å². The second-order valence-electron chi connectivity index (χ2n) is 5.72. The molecule has 0 radical (unpaired) electrons. The van der Waals surface area contributed by atoms with Crippen LogP contribution in [0.25, 0.3) is 5.69 Å². The standard InChI is InChI=1S/C19H19N3O3S/c1-13-8-6-7-11-16(13)25-12-17-20-21-19(26-14(2)18(23)24)22(17)15-9-4-3-5-10-15/h3-11,14H,12H2,1-2H3,(H,23,24)/t14-/m0/s1. The number of aryl methyl sites for hydroxylation is 1. The topological polar surface area (TPSA) is 77.2 Å². The van der Waals surface area contributed by atoms with Gasteiger partial charge in [-0.1, -0.05) is 48.2 Å². The fourth-order valence-corrected chi connectivity index (χ4v) is 3.20. The molecule has 2 aromatic carbocycles. The number of hydrogen-bond acceptors (Lipinski definition) is 5. The lowest BCUT2D eigenvalue weighted by molar-refractivity contribution is -0.136. The van der Waals surface area contributed by atoms with Crippen molar-refractivity contribution in [3.63, 3.8) is 0 Å². The van der Waals surface area contributed by atoms with Gasteiger partial charge in [0, 0.05) is 5.69 Å². The lowest BCUT2D eigenvalue weighted by Crippen LogP contribution is -2.13. The maximum absolute atomic E-state index is 11.2. The third-order valence-electron chi connectivity index (χ3n) is 3.80. The number of ether oxygens (including phenoxy) is 1. The van der Waals surface area contributed by atoms with E-state index in [1.807, 2.05) is 66.1 Å². The Hall–Kier alpha value is -2.80. The normalized spacial score (nSPS) is 11.9. The maximum Gasteiger partial charge on any atom is 0.316 e. The predicted molar refractivity (Wildman–Crippen MR) is 99.8 cm³/mol. The van der Waals surface area contributed by atoms with Gasteiger partial charge in [-0.3, -0.25) is 9.36 Å². The highest BCUT2D eigenvalue weighted by molar-refractivity contribution is 8.00. The van der Waals surface area contributed by atoms with Crippen molar-refractivity contribution >= 4 is 17.7 Å². The Kier molecular flexibility index (Phi) is 5.58. The van der Waals surface area contributed by atoms with Gasteiger partial charge in [-0.15, -0.1) is 10.2 Å². The molecule has 0 aliphatic carbocycles. The average molecular weight is 369 g/mol. The molecule has 1 atom stereocenters. The molecule has 1 N–H and O–H groups in total. The molecule has 0 aliphatic rings. The second kappa shape index (κ2) is 8.05. The number of para-hydroxylation sites is 2. The molecule has 1 aromatic heterocycles. The van der Waals surface area contributed by atoms with Gasteiger partial charge in [-0.05, 0) is 37.6 Å². The summed E-state index contributed by atoms with van der Waals surface area (Å²) in [6, 6.07) is 17.4. The number of aromatic nitrogens is 3. The summed E-state index contributed by atoms with van der Waals surface area (Å²) in [6.07, 6.45) is 0.